The second-order valence-corrected chi connectivity index (χ2v) is 15.9. The second-order valence-electron chi connectivity index (χ2n) is 13.1. The topological polar surface area (TPSA) is 143 Å². The maximum absolute atomic E-state index is 14.1. The fourth-order valence-corrected chi connectivity index (χ4v) is 9.08. The largest absolute Gasteiger partial charge is 0.497 e. The molecule has 1 aliphatic rings. The van der Waals surface area contributed by atoms with Gasteiger partial charge in [-0.2, -0.15) is 0 Å². The zero-order valence-corrected chi connectivity index (χ0v) is 31.5. The summed E-state index contributed by atoms with van der Waals surface area (Å²) in [4.78, 5) is 67.0. The van der Waals surface area contributed by atoms with Gasteiger partial charge in [0.15, 0.2) is 0 Å². The molecule has 0 bridgehead atoms. The number of Topliss-reactive ketones (excluding diaryl/α,β-unsaturated/α-hetero) is 1. The van der Waals surface area contributed by atoms with Crippen molar-refractivity contribution in [3.63, 3.8) is 0 Å². The molecule has 1 saturated heterocycles. The van der Waals surface area contributed by atoms with E-state index < -0.39 is 41.6 Å². The molecule has 1 fully saturated rings. The Balaban J connectivity index is 1.51. The number of carbonyl (C=O) groups is 5. The van der Waals surface area contributed by atoms with E-state index in [1.165, 1.54) is 12.2 Å². The van der Waals surface area contributed by atoms with Gasteiger partial charge in [0.2, 0.25) is 23.5 Å². The molecule has 4 atom stereocenters. The Hall–Kier alpha value is -4.03. The van der Waals surface area contributed by atoms with Crippen LogP contribution in [0.2, 0.25) is 0 Å². The molecule has 0 radical (unpaired) electrons. The molecule has 3 aromatic rings. The highest BCUT2D eigenvalue weighted by Crippen LogP contribution is 2.39. The van der Waals surface area contributed by atoms with Crippen LogP contribution in [-0.2, 0) is 36.8 Å². The van der Waals surface area contributed by atoms with Crippen LogP contribution >= 0.6 is 21.6 Å². The number of amides is 4. The van der Waals surface area contributed by atoms with Crippen molar-refractivity contribution in [1.29, 1.82) is 0 Å². The van der Waals surface area contributed by atoms with Crippen LogP contribution in [0.3, 0.4) is 0 Å². The molecule has 1 unspecified atom stereocenters. The van der Waals surface area contributed by atoms with Crippen LogP contribution in [0.4, 0.5) is 0 Å². The molecule has 4 rings (SSSR count). The predicted octanol–water partition coefficient (Wildman–Crippen LogP) is 5.16. The van der Waals surface area contributed by atoms with Crippen molar-refractivity contribution >= 4 is 61.8 Å². The van der Waals surface area contributed by atoms with Gasteiger partial charge in [-0.3, -0.25) is 24.0 Å². The molecule has 0 aliphatic carbocycles. The minimum Gasteiger partial charge on any atom is -0.497 e. The van der Waals surface area contributed by atoms with E-state index in [-0.39, 0.29) is 31.2 Å². The van der Waals surface area contributed by atoms with Gasteiger partial charge in [-0.1, -0.05) is 96.5 Å². The summed E-state index contributed by atoms with van der Waals surface area (Å²) in [6.07, 6.45) is 4.50. The van der Waals surface area contributed by atoms with Crippen molar-refractivity contribution < 1.29 is 28.7 Å². The monoisotopic (exact) mass is 734 g/mol. The number of nitrogens with one attached hydrogen (secondary N) is 4. The number of ketones is 1. The average molecular weight is 735 g/mol. The molecule has 3 aromatic carbocycles. The maximum Gasteiger partial charge on any atom is 0.289 e. The van der Waals surface area contributed by atoms with Gasteiger partial charge in [-0.05, 0) is 66.1 Å². The molecule has 12 heteroatoms. The van der Waals surface area contributed by atoms with Gasteiger partial charge in [0.05, 0.1) is 7.11 Å². The predicted molar refractivity (Wildman–Crippen MR) is 206 cm³/mol. The van der Waals surface area contributed by atoms with Gasteiger partial charge < -0.3 is 26.0 Å². The smallest absolute Gasteiger partial charge is 0.289 e. The summed E-state index contributed by atoms with van der Waals surface area (Å²) in [5.41, 5.74) is 1.60. The minimum absolute atomic E-state index is 0.0580. The Morgan fingerprint density at radius 1 is 0.843 bits per heavy atom. The average Bonchev–Trinajstić information content (AvgIpc) is 3.65. The molecular formula is C39H50N4O6S2. The maximum atomic E-state index is 14.1. The first kappa shape index (κ1) is 39.8. The fourth-order valence-electron chi connectivity index (χ4n) is 6.05. The lowest BCUT2D eigenvalue weighted by Gasteiger charge is -2.27. The van der Waals surface area contributed by atoms with Crippen molar-refractivity contribution in [2.24, 2.45) is 5.92 Å². The molecule has 0 aromatic heterocycles. The Bertz CT molecular complexity index is 1640. The first-order chi connectivity index (χ1) is 24.6. The number of fused-ring (bicyclic) bond motifs is 1. The number of hydrogen-bond acceptors (Lipinski definition) is 8. The van der Waals surface area contributed by atoms with E-state index >= 15 is 0 Å². The highest BCUT2D eigenvalue weighted by molar-refractivity contribution is 8.77. The number of unbranched alkanes of at least 4 members (excludes halogenated alkanes) is 1. The van der Waals surface area contributed by atoms with E-state index in [0.29, 0.717) is 23.0 Å². The quantitative estimate of drug-likeness (QED) is 0.0752. The van der Waals surface area contributed by atoms with Crippen molar-refractivity contribution in [3.05, 3.63) is 77.9 Å². The van der Waals surface area contributed by atoms with Gasteiger partial charge in [0, 0.05) is 36.8 Å². The third-order valence-corrected chi connectivity index (χ3v) is 11.9. The molecule has 4 N–H and O–H groups in total. The summed E-state index contributed by atoms with van der Waals surface area (Å²) in [6, 6.07) is 17.5. The first-order valence-electron chi connectivity index (χ1n) is 17.7. The number of likely N-dealkylation sites (N-methyl/N-ethyl adjacent to an activating group) is 1. The lowest BCUT2D eigenvalue weighted by Crippen LogP contribution is -2.59. The molecule has 51 heavy (non-hydrogen) atoms. The number of hydrogen-bond donors (Lipinski definition) is 4. The van der Waals surface area contributed by atoms with Gasteiger partial charge in [-0.25, -0.2) is 0 Å². The van der Waals surface area contributed by atoms with E-state index in [9.17, 15) is 24.0 Å². The summed E-state index contributed by atoms with van der Waals surface area (Å²) < 4.78 is 5.23. The lowest BCUT2D eigenvalue weighted by atomic mass is 9.96. The number of benzene rings is 3. The zero-order chi connectivity index (χ0) is 36.8. The van der Waals surface area contributed by atoms with Crippen LogP contribution in [0.15, 0.2) is 66.7 Å². The van der Waals surface area contributed by atoms with E-state index in [2.05, 4.69) is 21.3 Å². The third-order valence-electron chi connectivity index (χ3n) is 8.90. The molecule has 10 nitrogen and oxygen atoms in total. The molecule has 1 aliphatic heterocycles. The number of ether oxygens (including phenoxy) is 1. The van der Waals surface area contributed by atoms with E-state index in [4.69, 9.17) is 4.74 Å². The highest BCUT2D eigenvalue weighted by atomic mass is 33.1. The molecule has 0 saturated carbocycles. The lowest BCUT2D eigenvalue weighted by molar-refractivity contribution is -0.140. The summed E-state index contributed by atoms with van der Waals surface area (Å²) in [6.45, 7) is 5.53. The zero-order valence-electron chi connectivity index (χ0n) is 29.9. The molecule has 0 spiro atoms. The Kier molecular flexibility index (Phi) is 15.7. The first-order valence-corrected chi connectivity index (χ1v) is 20.1. The Morgan fingerprint density at radius 2 is 1.59 bits per heavy atom. The van der Waals surface area contributed by atoms with Gasteiger partial charge in [-0.15, -0.1) is 0 Å². The van der Waals surface area contributed by atoms with Crippen molar-refractivity contribution in [2.75, 3.05) is 19.4 Å². The summed E-state index contributed by atoms with van der Waals surface area (Å²) >= 11 is 0. The van der Waals surface area contributed by atoms with Gasteiger partial charge in [0.25, 0.3) is 5.91 Å². The molecule has 4 amide bonds. The van der Waals surface area contributed by atoms with E-state index in [0.717, 1.165) is 35.6 Å². The standard InChI is InChI=1S/C39H50N4O6S2/c1-5-40-39(48)36(45)32(23-26-17-19-29(49-4)20-18-26)42-38(47)35(25(2)3)43-37(46)33(24-28-13-10-12-27-11-6-8-15-31(27)28)41-34(44)16-9-7-14-30-21-22-50-51-30/h6,8,10-13,15,17-20,25,30,32-33,35H,5,7,9,14,16,21-24H2,1-4H3,(H,40,48)(H,41,44)(H,42,47)(H,43,46)/t30?,32-,33-,35-/m0/s1. The van der Waals surface area contributed by atoms with Crippen LogP contribution in [0, 0.1) is 5.92 Å². The van der Waals surface area contributed by atoms with Gasteiger partial charge in [0.1, 0.15) is 23.9 Å². The van der Waals surface area contributed by atoms with Crippen LogP contribution in [-0.4, -0.2) is 72.2 Å². The minimum atomic E-state index is -1.18. The van der Waals surface area contributed by atoms with Crippen LogP contribution < -0.4 is 26.0 Å². The summed E-state index contributed by atoms with van der Waals surface area (Å²) in [5, 5.41) is 13.7. The SMILES string of the molecule is CCNC(=O)C(=O)[C@H](Cc1ccc(OC)cc1)NC(=O)[C@@H](NC(=O)[C@H](Cc1cccc2ccccc12)NC(=O)CCCCC1CCSS1)C(C)C. The van der Waals surface area contributed by atoms with Crippen LogP contribution in [0.1, 0.15) is 64.0 Å². The number of rotatable bonds is 19. The Morgan fingerprint density at radius 3 is 2.27 bits per heavy atom. The molecule has 274 valence electrons. The highest BCUT2D eigenvalue weighted by Gasteiger charge is 2.33. The summed E-state index contributed by atoms with van der Waals surface area (Å²) in [7, 11) is 5.38. The van der Waals surface area contributed by atoms with Crippen molar-refractivity contribution in [2.45, 2.75) is 89.1 Å². The fraction of sp³-hybridized carbons (Fsp3) is 0.462. The third kappa shape index (κ3) is 12.0. The second kappa shape index (κ2) is 20.1. The van der Waals surface area contributed by atoms with E-state index in [1.807, 2.05) is 64.1 Å². The van der Waals surface area contributed by atoms with Crippen molar-refractivity contribution in [1.82, 2.24) is 21.3 Å². The molecular weight excluding hydrogens is 685 g/mol. The van der Waals surface area contributed by atoms with E-state index in [1.54, 1.807) is 52.1 Å². The Labute approximate surface area is 308 Å². The number of methoxy groups -OCH3 is 1. The van der Waals surface area contributed by atoms with Crippen molar-refractivity contribution in [3.8, 4) is 5.75 Å². The number of carbonyl (C=O) groups excluding carboxylic acids is 5. The van der Waals surface area contributed by atoms with Gasteiger partial charge >= 0.3 is 0 Å². The van der Waals surface area contributed by atoms with Crippen LogP contribution in [0.25, 0.3) is 10.8 Å². The normalized spacial score (nSPS) is 15.8. The molecule has 1 heterocycles. The summed E-state index contributed by atoms with van der Waals surface area (Å²) in [5.74, 6) is -1.51. The van der Waals surface area contributed by atoms with Crippen LogP contribution in [0.5, 0.6) is 5.75 Å².